The Morgan fingerprint density at radius 3 is 2.50 bits per heavy atom. The molecule has 0 saturated heterocycles. The van der Waals surface area contributed by atoms with Crippen molar-refractivity contribution in [3.05, 3.63) is 35.9 Å². The van der Waals surface area contributed by atoms with E-state index in [2.05, 4.69) is 10.1 Å². The Morgan fingerprint density at radius 1 is 1.38 bits per heavy atom. The maximum atomic E-state index is 11.7. The fraction of sp³-hybridized carbons (Fsp3) is 0.273. The Balaban J connectivity index is 2.66. The van der Waals surface area contributed by atoms with E-state index in [1.807, 2.05) is 28.7 Å². The summed E-state index contributed by atoms with van der Waals surface area (Å²) in [4.78, 5) is 23.0. The van der Waals surface area contributed by atoms with Gasteiger partial charge in [0.15, 0.2) is 0 Å². The van der Waals surface area contributed by atoms with Crippen LogP contribution >= 0.6 is 22.6 Å². The van der Waals surface area contributed by atoms with E-state index in [9.17, 15) is 9.59 Å². The topological polar surface area (TPSA) is 55.4 Å². The van der Waals surface area contributed by atoms with Crippen LogP contribution in [0.25, 0.3) is 0 Å². The molecule has 0 bridgehead atoms. The van der Waals surface area contributed by atoms with E-state index >= 15 is 0 Å². The second-order valence-corrected chi connectivity index (χ2v) is 3.95. The van der Waals surface area contributed by atoms with Gasteiger partial charge in [-0.3, -0.25) is 4.79 Å². The fourth-order valence-corrected chi connectivity index (χ4v) is 1.71. The number of ether oxygens (including phenoxy) is 1. The normalized spacial score (nSPS) is 11.6. The number of alkyl halides is 1. The molecule has 16 heavy (non-hydrogen) atoms. The maximum Gasteiger partial charge on any atom is 0.329 e. The van der Waals surface area contributed by atoms with Gasteiger partial charge in [-0.15, -0.1) is 0 Å². The number of hydrogen-bond donors (Lipinski definition) is 1. The molecule has 0 heterocycles. The Hall–Kier alpha value is -1.11. The first kappa shape index (κ1) is 13.0. The van der Waals surface area contributed by atoms with Gasteiger partial charge in [-0.2, -0.15) is 0 Å². The van der Waals surface area contributed by atoms with Crippen LogP contribution in [-0.2, 0) is 9.53 Å². The summed E-state index contributed by atoms with van der Waals surface area (Å²) in [5.41, 5.74) is 0.529. The molecule has 1 amide bonds. The van der Waals surface area contributed by atoms with E-state index < -0.39 is 12.0 Å². The minimum absolute atomic E-state index is 0.271. The van der Waals surface area contributed by atoms with Crippen LogP contribution in [0.1, 0.15) is 10.4 Å². The lowest BCUT2D eigenvalue weighted by Gasteiger charge is -2.13. The van der Waals surface area contributed by atoms with E-state index in [-0.39, 0.29) is 5.91 Å². The largest absolute Gasteiger partial charge is 0.467 e. The average molecular weight is 333 g/mol. The Bertz CT molecular complexity index is 367. The monoisotopic (exact) mass is 333 g/mol. The first-order valence-corrected chi connectivity index (χ1v) is 6.21. The number of carbonyl (C=O) groups is 2. The minimum atomic E-state index is -0.599. The number of amides is 1. The lowest BCUT2D eigenvalue weighted by atomic mass is 10.2. The lowest BCUT2D eigenvalue weighted by molar-refractivity contribution is -0.142. The third-order valence-corrected chi connectivity index (χ3v) is 2.86. The Labute approximate surface area is 108 Å². The van der Waals surface area contributed by atoms with Crippen LogP contribution in [0.3, 0.4) is 0 Å². The number of rotatable bonds is 4. The van der Waals surface area contributed by atoms with Gasteiger partial charge >= 0.3 is 5.97 Å². The molecule has 1 atom stereocenters. The molecule has 1 aromatic carbocycles. The van der Waals surface area contributed by atoms with Crippen LogP contribution in [0, 0.1) is 0 Å². The summed E-state index contributed by atoms with van der Waals surface area (Å²) >= 11 is 2.03. The van der Waals surface area contributed by atoms with Gasteiger partial charge in [0, 0.05) is 9.99 Å². The predicted molar refractivity (Wildman–Crippen MR) is 68.6 cm³/mol. The van der Waals surface area contributed by atoms with Crippen molar-refractivity contribution in [3.8, 4) is 0 Å². The van der Waals surface area contributed by atoms with Crippen LogP contribution in [-0.4, -0.2) is 29.5 Å². The van der Waals surface area contributed by atoms with Crippen LogP contribution in [0.4, 0.5) is 0 Å². The molecule has 0 aliphatic carbocycles. The summed E-state index contributed by atoms with van der Waals surface area (Å²) in [5, 5.41) is 2.61. The van der Waals surface area contributed by atoms with Crippen molar-refractivity contribution >= 4 is 34.5 Å². The predicted octanol–water partition coefficient (Wildman–Crippen LogP) is 1.39. The van der Waals surface area contributed by atoms with E-state index in [1.165, 1.54) is 7.11 Å². The number of halogens is 1. The molecular weight excluding hydrogens is 321 g/mol. The quantitative estimate of drug-likeness (QED) is 0.515. The molecule has 1 N–H and O–H groups in total. The van der Waals surface area contributed by atoms with Gasteiger partial charge in [-0.25, -0.2) is 4.79 Å². The summed E-state index contributed by atoms with van der Waals surface area (Å²) in [6.07, 6.45) is 0. The average Bonchev–Trinajstić information content (AvgIpc) is 2.35. The molecule has 0 unspecified atom stereocenters. The van der Waals surface area contributed by atoms with Gasteiger partial charge in [0.1, 0.15) is 6.04 Å². The van der Waals surface area contributed by atoms with E-state index in [4.69, 9.17) is 0 Å². The summed E-state index contributed by atoms with van der Waals surface area (Å²) < 4.78 is 5.06. The highest BCUT2D eigenvalue weighted by atomic mass is 127. The van der Waals surface area contributed by atoms with E-state index in [0.717, 1.165) is 0 Å². The molecule has 0 fully saturated rings. The number of hydrogen-bond acceptors (Lipinski definition) is 3. The van der Waals surface area contributed by atoms with Gasteiger partial charge in [0.25, 0.3) is 5.91 Å². The third kappa shape index (κ3) is 3.48. The van der Waals surface area contributed by atoms with Crippen molar-refractivity contribution in [2.45, 2.75) is 6.04 Å². The van der Waals surface area contributed by atoms with Gasteiger partial charge in [0.2, 0.25) is 0 Å². The fourth-order valence-electron chi connectivity index (χ4n) is 1.13. The zero-order valence-electron chi connectivity index (χ0n) is 8.77. The Morgan fingerprint density at radius 2 is 2.00 bits per heavy atom. The van der Waals surface area contributed by atoms with Crippen LogP contribution in [0.2, 0.25) is 0 Å². The van der Waals surface area contributed by atoms with E-state index in [1.54, 1.807) is 24.3 Å². The smallest absolute Gasteiger partial charge is 0.329 e. The molecule has 0 aliphatic rings. The van der Waals surface area contributed by atoms with Crippen molar-refractivity contribution in [1.82, 2.24) is 5.32 Å². The standard InChI is InChI=1S/C11H12INO3/c1-16-11(15)9(7-12)13-10(14)8-5-3-2-4-6-8/h2-6,9H,7H2,1H3,(H,13,14)/t9-/m1/s1. The summed E-state index contributed by atoms with van der Waals surface area (Å²) in [6.45, 7) is 0. The van der Waals surface area contributed by atoms with Crippen LogP contribution in [0.15, 0.2) is 30.3 Å². The highest BCUT2D eigenvalue weighted by Gasteiger charge is 2.20. The molecule has 0 aromatic heterocycles. The van der Waals surface area contributed by atoms with Gasteiger partial charge in [0.05, 0.1) is 7.11 Å². The van der Waals surface area contributed by atoms with Crippen LogP contribution < -0.4 is 5.32 Å². The molecule has 86 valence electrons. The number of carbonyl (C=O) groups excluding carboxylic acids is 2. The summed E-state index contributed by atoms with van der Waals surface area (Å²) in [6, 6.07) is 8.15. The van der Waals surface area contributed by atoms with Gasteiger partial charge in [-0.1, -0.05) is 40.8 Å². The zero-order chi connectivity index (χ0) is 12.0. The molecule has 0 saturated carbocycles. The van der Waals surface area contributed by atoms with Crippen molar-refractivity contribution in [3.63, 3.8) is 0 Å². The molecule has 0 spiro atoms. The van der Waals surface area contributed by atoms with Gasteiger partial charge < -0.3 is 10.1 Å². The highest BCUT2D eigenvalue weighted by Crippen LogP contribution is 2.01. The van der Waals surface area contributed by atoms with Gasteiger partial charge in [-0.05, 0) is 12.1 Å². The molecule has 0 aliphatic heterocycles. The second kappa shape index (κ2) is 6.47. The maximum absolute atomic E-state index is 11.7. The molecule has 5 heteroatoms. The number of benzene rings is 1. The van der Waals surface area contributed by atoms with Crippen molar-refractivity contribution in [2.75, 3.05) is 11.5 Å². The van der Waals surface area contributed by atoms with Crippen molar-refractivity contribution < 1.29 is 14.3 Å². The first-order valence-electron chi connectivity index (χ1n) is 4.68. The SMILES string of the molecule is COC(=O)[C@@H](CI)NC(=O)c1ccccc1. The molecule has 0 radical (unpaired) electrons. The molecule has 4 nitrogen and oxygen atoms in total. The van der Waals surface area contributed by atoms with Crippen molar-refractivity contribution in [1.29, 1.82) is 0 Å². The lowest BCUT2D eigenvalue weighted by Crippen LogP contribution is -2.42. The number of methoxy groups -OCH3 is 1. The molecule has 1 aromatic rings. The third-order valence-electron chi connectivity index (χ3n) is 1.98. The van der Waals surface area contributed by atoms with Crippen molar-refractivity contribution in [2.24, 2.45) is 0 Å². The molecular formula is C11H12INO3. The zero-order valence-corrected chi connectivity index (χ0v) is 10.9. The minimum Gasteiger partial charge on any atom is -0.467 e. The number of esters is 1. The van der Waals surface area contributed by atoms with E-state index in [0.29, 0.717) is 9.99 Å². The first-order chi connectivity index (χ1) is 7.69. The highest BCUT2D eigenvalue weighted by molar-refractivity contribution is 14.1. The number of nitrogens with one attached hydrogen (secondary N) is 1. The van der Waals surface area contributed by atoms with Crippen LogP contribution in [0.5, 0.6) is 0 Å². The summed E-state index contributed by atoms with van der Waals surface area (Å²) in [7, 11) is 1.30. The second-order valence-electron chi connectivity index (χ2n) is 3.07. The molecule has 1 rings (SSSR count). The Kier molecular flexibility index (Phi) is 5.24. The summed E-state index contributed by atoms with van der Waals surface area (Å²) in [5.74, 6) is -0.702.